The van der Waals surface area contributed by atoms with E-state index in [0.717, 1.165) is 25.9 Å². The van der Waals surface area contributed by atoms with Crippen LogP contribution in [0.2, 0.25) is 0 Å². The first-order valence-corrected chi connectivity index (χ1v) is 9.14. The van der Waals surface area contributed by atoms with Crippen molar-refractivity contribution in [3.05, 3.63) is 35.4 Å². The predicted molar refractivity (Wildman–Crippen MR) is 95.7 cm³/mol. The maximum Gasteiger partial charge on any atom is 0.0611 e. The zero-order chi connectivity index (χ0) is 16.5. The van der Waals surface area contributed by atoms with Gasteiger partial charge in [-0.15, -0.1) is 0 Å². The van der Waals surface area contributed by atoms with Crippen LogP contribution in [0.4, 0.5) is 0 Å². The molecule has 0 bridgehead atoms. The van der Waals surface area contributed by atoms with Crippen molar-refractivity contribution in [3.8, 4) is 0 Å². The Labute approximate surface area is 141 Å². The highest BCUT2D eigenvalue weighted by Crippen LogP contribution is 2.39. The number of methoxy groups -OCH3 is 1. The molecule has 0 unspecified atom stereocenters. The van der Waals surface area contributed by atoms with Crippen LogP contribution in [-0.4, -0.2) is 31.0 Å². The Morgan fingerprint density at radius 1 is 1.13 bits per heavy atom. The molecule has 0 aromatic heterocycles. The Morgan fingerprint density at radius 2 is 1.83 bits per heavy atom. The van der Waals surface area contributed by atoms with Gasteiger partial charge in [0.05, 0.1) is 6.61 Å². The summed E-state index contributed by atoms with van der Waals surface area (Å²) in [5.74, 6) is 0.516. The molecule has 0 radical (unpaired) electrons. The molecule has 1 saturated carbocycles. The van der Waals surface area contributed by atoms with Gasteiger partial charge in [0.1, 0.15) is 0 Å². The SMILES string of the molecule is COCCCCCCCc1ccc([C@H]2CC[C@](N)(CO)C2)cc1. The zero-order valence-electron chi connectivity index (χ0n) is 14.6. The fourth-order valence-corrected chi connectivity index (χ4v) is 3.65. The maximum absolute atomic E-state index is 9.39. The van der Waals surface area contributed by atoms with Crippen molar-refractivity contribution in [1.82, 2.24) is 0 Å². The molecular weight excluding hydrogens is 286 g/mol. The van der Waals surface area contributed by atoms with Crippen molar-refractivity contribution < 1.29 is 9.84 Å². The summed E-state index contributed by atoms with van der Waals surface area (Å²) in [7, 11) is 1.77. The quantitative estimate of drug-likeness (QED) is 0.645. The van der Waals surface area contributed by atoms with Gasteiger partial charge in [-0.1, -0.05) is 43.5 Å². The normalized spacial score (nSPS) is 24.2. The molecule has 1 aliphatic rings. The Morgan fingerprint density at radius 3 is 2.48 bits per heavy atom. The van der Waals surface area contributed by atoms with Crippen LogP contribution in [0.5, 0.6) is 0 Å². The van der Waals surface area contributed by atoms with Crippen molar-refractivity contribution in [2.24, 2.45) is 5.73 Å². The number of benzene rings is 1. The molecule has 2 atom stereocenters. The Kier molecular flexibility index (Phi) is 7.54. The van der Waals surface area contributed by atoms with Crippen molar-refractivity contribution in [1.29, 1.82) is 0 Å². The summed E-state index contributed by atoms with van der Waals surface area (Å²) in [5, 5.41) is 9.39. The lowest BCUT2D eigenvalue weighted by Crippen LogP contribution is -2.40. The van der Waals surface area contributed by atoms with Gasteiger partial charge >= 0.3 is 0 Å². The maximum atomic E-state index is 9.39. The fraction of sp³-hybridized carbons (Fsp3) is 0.700. The molecule has 130 valence electrons. The van der Waals surface area contributed by atoms with Crippen LogP contribution in [-0.2, 0) is 11.2 Å². The average Bonchev–Trinajstić information content (AvgIpc) is 2.98. The van der Waals surface area contributed by atoms with Gasteiger partial charge in [0.25, 0.3) is 0 Å². The summed E-state index contributed by atoms with van der Waals surface area (Å²) in [6.45, 7) is 0.995. The molecule has 1 aliphatic carbocycles. The van der Waals surface area contributed by atoms with E-state index in [-0.39, 0.29) is 12.1 Å². The van der Waals surface area contributed by atoms with Crippen LogP contribution < -0.4 is 5.73 Å². The number of ether oxygens (including phenoxy) is 1. The van der Waals surface area contributed by atoms with Crippen LogP contribution in [0.3, 0.4) is 0 Å². The zero-order valence-corrected chi connectivity index (χ0v) is 14.6. The molecule has 3 nitrogen and oxygen atoms in total. The molecule has 1 fully saturated rings. The summed E-state index contributed by atoms with van der Waals surface area (Å²) in [6, 6.07) is 9.08. The first-order valence-electron chi connectivity index (χ1n) is 9.14. The molecule has 0 saturated heterocycles. The van der Waals surface area contributed by atoms with E-state index < -0.39 is 0 Å². The highest BCUT2D eigenvalue weighted by molar-refractivity contribution is 5.27. The van der Waals surface area contributed by atoms with Gasteiger partial charge in [0.2, 0.25) is 0 Å². The third-order valence-electron chi connectivity index (χ3n) is 5.22. The van der Waals surface area contributed by atoms with E-state index in [9.17, 15) is 5.11 Å². The largest absolute Gasteiger partial charge is 0.394 e. The van der Waals surface area contributed by atoms with E-state index in [4.69, 9.17) is 10.5 Å². The second-order valence-electron chi connectivity index (χ2n) is 7.21. The summed E-state index contributed by atoms with van der Waals surface area (Å²) < 4.78 is 5.07. The highest BCUT2D eigenvalue weighted by atomic mass is 16.5. The monoisotopic (exact) mass is 319 g/mol. The van der Waals surface area contributed by atoms with Crippen LogP contribution in [0, 0.1) is 0 Å². The van der Waals surface area contributed by atoms with E-state index in [1.165, 1.54) is 49.7 Å². The van der Waals surface area contributed by atoms with Gasteiger partial charge in [-0.3, -0.25) is 0 Å². The Hall–Kier alpha value is -0.900. The molecule has 3 heteroatoms. The predicted octanol–water partition coefficient (Wildman–Crippen LogP) is 3.78. The van der Waals surface area contributed by atoms with Gasteiger partial charge in [-0.2, -0.15) is 0 Å². The number of nitrogens with two attached hydrogens (primary N) is 1. The first kappa shape index (κ1) is 18.4. The van der Waals surface area contributed by atoms with Gasteiger partial charge in [0.15, 0.2) is 0 Å². The number of hydrogen-bond acceptors (Lipinski definition) is 3. The minimum Gasteiger partial charge on any atom is -0.394 e. The lowest BCUT2D eigenvalue weighted by molar-refractivity contribution is 0.192. The molecule has 23 heavy (non-hydrogen) atoms. The Balaban J connectivity index is 1.69. The topological polar surface area (TPSA) is 55.5 Å². The molecule has 1 aromatic carbocycles. The minimum atomic E-state index is -0.355. The van der Waals surface area contributed by atoms with Crippen LogP contribution in [0.15, 0.2) is 24.3 Å². The van der Waals surface area contributed by atoms with E-state index >= 15 is 0 Å². The molecule has 2 rings (SSSR count). The number of unbranched alkanes of at least 4 members (excludes halogenated alkanes) is 4. The number of aryl methyl sites for hydroxylation is 1. The summed E-state index contributed by atoms with van der Waals surface area (Å²) in [6.07, 6.45) is 10.5. The van der Waals surface area contributed by atoms with E-state index in [2.05, 4.69) is 24.3 Å². The lowest BCUT2D eigenvalue weighted by atomic mass is 9.92. The Bertz CT molecular complexity index is 445. The smallest absolute Gasteiger partial charge is 0.0611 e. The van der Waals surface area contributed by atoms with Crippen LogP contribution in [0.25, 0.3) is 0 Å². The molecule has 0 heterocycles. The van der Waals surface area contributed by atoms with Gasteiger partial charge < -0.3 is 15.6 Å². The van der Waals surface area contributed by atoms with Gasteiger partial charge in [-0.25, -0.2) is 0 Å². The third kappa shape index (κ3) is 5.91. The second kappa shape index (κ2) is 9.41. The second-order valence-corrected chi connectivity index (χ2v) is 7.21. The van der Waals surface area contributed by atoms with Crippen LogP contribution in [0.1, 0.15) is 68.4 Å². The van der Waals surface area contributed by atoms with Crippen LogP contribution >= 0.6 is 0 Å². The number of aliphatic hydroxyl groups excluding tert-OH is 1. The summed E-state index contributed by atoms with van der Waals surface area (Å²) in [5.41, 5.74) is 8.65. The summed E-state index contributed by atoms with van der Waals surface area (Å²) >= 11 is 0. The molecule has 0 amide bonds. The lowest BCUT2D eigenvalue weighted by Gasteiger charge is -2.21. The molecule has 3 N–H and O–H groups in total. The van der Waals surface area contributed by atoms with Crippen molar-refractivity contribution >= 4 is 0 Å². The molecule has 1 aromatic rings. The number of aliphatic hydroxyl groups is 1. The average molecular weight is 319 g/mol. The standard InChI is InChI=1S/C20H33NO2/c1-23-14-6-4-2-3-5-7-17-8-10-18(11-9-17)19-12-13-20(21,15-19)16-22/h8-11,19,22H,2-7,12-16,21H2,1H3/t19-,20+/m0/s1. The van der Waals surface area contributed by atoms with Crippen molar-refractivity contribution in [2.75, 3.05) is 20.3 Å². The van der Waals surface area contributed by atoms with Gasteiger partial charge in [0, 0.05) is 19.3 Å². The fourth-order valence-electron chi connectivity index (χ4n) is 3.65. The van der Waals surface area contributed by atoms with E-state index in [1.807, 2.05) is 0 Å². The van der Waals surface area contributed by atoms with Crippen molar-refractivity contribution in [3.63, 3.8) is 0 Å². The molecular formula is C20H33NO2. The number of rotatable bonds is 10. The minimum absolute atomic E-state index is 0.103. The van der Waals surface area contributed by atoms with E-state index in [1.54, 1.807) is 7.11 Å². The summed E-state index contributed by atoms with van der Waals surface area (Å²) in [4.78, 5) is 0. The molecule has 0 spiro atoms. The number of hydrogen-bond donors (Lipinski definition) is 2. The van der Waals surface area contributed by atoms with Crippen molar-refractivity contribution in [2.45, 2.75) is 69.2 Å². The third-order valence-corrected chi connectivity index (χ3v) is 5.22. The molecule has 0 aliphatic heterocycles. The van der Waals surface area contributed by atoms with E-state index in [0.29, 0.717) is 5.92 Å². The highest BCUT2D eigenvalue weighted by Gasteiger charge is 2.35. The first-order chi connectivity index (χ1) is 11.2. The van der Waals surface area contributed by atoms with Gasteiger partial charge in [-0.05, 0) is 55.6 Å².